The Morgan fingerprint density at radius 3 is 2.53 bits per heavy atom. The first-order valence-electron chi connectivity index (χ1n) is 9.74. The van der Waals surface area contributed by atoms with Gasteiger partial charge in [-0.05, 0) is 54.6 Å². The Kier molecular flexibility index (Phi) is 5.52. The maximum Gasteiger partial charge on any atom is 0.266 e. The number of nitrogens with one attached hydrogen (secondary N) is 2. The maximum atomic E-state index is 14.4. The molecule has 164 valence electrons. The summed E-state index contributed by atoms with van der Waals surface area (Å²) in [5, 5.41) is 5.86. The summed E-state index contributed by atoms with van der Waals surface area (Å²) in [6.45, 7) is -0.0851. The zero-order valence-electron chi connectivity index (χ0n) is 16.8. The molecular weight excluding hydrogens is 421 g/mol. The zero-order chi connectivity index (χ0) is 22.9. The molecule has 1 aromatic heterocycles. The minimum Gasteiger partial charge on any atom is -0.382 e. The Hall–Kier alpha value is -3.95. The Balaban J connectivity index is 1.51. The molecule has 0 atom stereocenters. The van der Waals surface area contributed by atoms with Crippen LogP contribution in [0.5, 0.6) is 0 Å². The third kappa shape index (κ3) is 4.39. The Bertz CT molecular complexity index is 1180. The summed E-state index contributed by atoms with van der Waals surface area (Å²) >= 11 is 0. The van der Waals surface area contributed by atoms with Gasteiger partial charge in [0.05, 0.1) is 17.8 Å². The summed E-state index contributed by atoms with van der Waals surface area (Å²) in [6, 6.07) is 13.5. The number of hydrogen-bond donors (Lipinski definition) is 3. The summed E-state index contributed by atoms with van der Waals surface area (Å²) in [5.41, 5.74) is 14.7. The van der Waals surface area contributed by atoms with Crippen LogP contribution >= 0.6 is 0 Å². The van der Waals surface area contributed by atoms with Gasteiger partial charge in [0.2, 0.25) is 0 Å². The lowest BCUT2D eigenvalue weighted by atomic mass is 10.1. The quantitative estimate of drug-likeness (QED) is 0.472. The molecule has 2 aromatic carbocycles. The van der Waals surface area contributed by atoms with Crippen molar-refractivity contribution in [3.8, 4) is 11.3 Å². The Morgan fingerprint density at radius 1 is 1.16 bits per heavy atom. The van der Waals surface area contributed by atoms with Crippen molar-refractivity contribution in [2.45, 2.75) is 12.3 Å². The van der Waals surface area contributed by atoms with Crippen LogP contribution in [0.4, 0.5) is 36.1 Å². The van der Waals surface area contributed by atoms with Crippen molar-refractivity contribution in [2.75, 3.05) is 29.0 Å². The smallest absolute Gasteiger partial charge is 0.266 e. The average Bonchev–Trinajstić information content (AvgIpc) is 3.14. The largest absolute Gasteiger partial charge is 0.382 e. The minimum absolute atomic E-state index is 0.0451. The molecule has 3 aromatic rings. The van der Waals surface area contributed by atoms with Crippen molar-refractivity contribution in [3.05, 3.63) is 66.0 Å². The minimum atomic E-state index is -2.70. The highest BCUT2D eigenvalue weighted by molar-refractivity contribution is 6.05. The standard InChI is InChI=1S/C22H19F3N6O/c23-17-6-1-13(18-7-8-19(30-27)20(26)29-18)11-16(17)21(32)28-14-2-4-15(5-3-14)31-10-9-22(24,25)12-31/h1-8,11,27H,9-10,12H2,(H2,26,29)(H,28,32). The van der Waals surface area contributed by atoms with Crippen LogP contribution in [0.25, 0.3) is 11.3 Å². The summed E-state index contributed by atoms with van der Waals surface area (Å²) in [4.78, 5) is 18.4. The predicted octanol–water partition coefficient (Wildman–Crippen LogP) is 5.23. The molecular formula is C22H19F3N6O. The van der Waals surface area contributed by atoms with Crippen LogP contribution in [0.3, 0.4) is 0 Å². The van der Waals surface area contributed by atoms with E-state index in [1.54, 1.807) is 35.2 Å². The first-order valence-corrected chi connectivity index (χ1v) is 9.74. The molecule has 2 heterocycles. The number of aromatic nitrogens is 1. The molecule has 1 aliphatic rings. The van der Waals surface area contributed by atoms with Crippen LogP contribution in [-0.4, -0.2) is 29.9 Å². The van der Waals surface area contributed by atoms with E-state index in [4.69, 9.17) is 11.3 Å². The van der Waals surface area contributed by atoms with Gasteiger partial charge in [-0.2, -0.15) is 5.11 Å². The van der Waals surface area contributed by atoms with Gasteiger partial charge < -0.3 is 16.0 Å². The van der Waals surface area contributed by atoms with Crippen molar-refractivity contribution in [1.29, 1.82) is 5.53 Å². The first-order chi connectivity index (χ1) is 15.3. The van der Waals surface area contributed by atoms with Gasteiger partial charge in [0.15, 0.2) is 5.82 Å². The second kappa shape index (κ2) is 8.29. The fraction of sp³-hybridized carbons (Fsp3) is 0.182. The van der Waals surface area contributed by atoms with Gasteiger partial charge in [-0.1, -0.05) is 0 Å². The first kappa shape index (κ1) is 21.3. The van der Waals surface area contributed by atoms with E-state index in [1.807, 2.05) is 0 Å². The fourth-order valence-electron chi connectivity index (χ4n) is 3.49. The summed E-state index contributed by atoms with van der Waals surface area (Å²) < 4.78 is 41.2. The molecule has 1 amide bonds. The van der Waals surface area contributed by atoms with Crippen molar-refractivity contribution in [3.63, 3.8) is 0 Å². The molecule has 1 saturated heterocycles. The molecule has 0 saturated carbocycles. The molecule has 10 heteroatoms. The zero-order valence-corrected chi connectivity index (χ0v) is 16.8. The van der Waals surface area contributed by atoms with Gasteiger partial charge in [-0.25, -0.2) is 23.7 Å². The topological polar surface area (TPSA) is 107 Å². The number of nitrogens with two attached hydrogens (primary N) is 1. The van der Waals surface area contributed by atoms with Gasteiger partial charge in [-0.15, -0.1) is 0 Å². The lowest BCUT2D eigenvalue weighted by Gasteiger charge is -2.18. The van der Waals surface area contributed by atoms with E-state index in [9.17, 15) is 18.0 Å². The van der Waals surface area contributed by atoms with Crippen molar-refractivity contribution >= 4 is 28.8 Å². The molecule has 4 rings (SSSR count). The molecule has 0 bridgehead atoms. The van der Waals surface area contributed by atoms with Gasteiger partial charge in [-0.3, -0.25) is 4.79 Å². The number of benzene rings is 2. The van der Waals surface area contributed by atoms with Crippen molar-refractivity contribution in [2.24, 2.45) is 5.11 Å². The number of anilines is 3. The van der Waals surface area contributed by atoms with Crippen LogP contribution in [0.1, 0.15) is 16.8 Å². The monoisotopic (exact) mass is 440 g/mol. The van der Waals surface area contributed by atoms with Crippen molar-refractivity contribution in [1.82, 2.24) is 4.98 Å². The number of carbonyl (C=O) groups excluding carboxylic acids is 1. The van der Waals surface area contributed by atoms with E-state index in [1.165, 1.54) is 18.2 Å². The number of alkyl halides is 2. The van der Waals surface area contributed by atoms with Gasteiger partial charge in [0.25, 0.3) is 11.8 Å². The van der Waals surface area contributed by atoms with Crippen LogP contribution in [0, 0.1) is 11.3 Å². The highest BCUT2D eigenvalue weighted by Gasteiger charge is 2.38. The van der Waals surface area contributed by atoms with E-state index < -0.39 is 17.6 Å². The van der Waals surface area contributed by atoms with Gasteiger partial charge in [0, 0.05) is 29.9 Å². The number of carbonyl (C=O) groups is 1. The normalized spacial score (nSPS) is 14.9. The maximum absolute atomic E-state index is 14.4. The van der Waals surface area contributed by atoms with E-state index in [2.05, 4.69) is 15.4 Å². The second-order valence-electron chi connectivity index (χ2n) is 7.44. The summed E-state index contributed by atoms with van der Waals surface area (Å²) in [6.07, 6.45) is -0.192. The fourth-order valence-corrected chi connectivity index (χ4v) is 3.49. The van der Waals surface area contributed by atoms with E-state index in [0.29, 0.717) is 22.6 Å². The lowest BCUT2D eigenvalue weighted by molar-refractivity contribution is 0.0257. The van der Waals surface area contributed by atoms with Crippen LogP contribution < -0.4 is 16.0 Å². The number of nitrogen functional groups attached to an aromatic ring is 1. The van der Waals surface area contributed by atoms with E-state index in [-0.39, 0.29) is 36.6 Å². The predicted molar refractivity (Wildman–Crippen MR) is 115 cm³/mol. The number of nitrogens with zero attached hydrogens (tertiary/aromatic N) is 3. The van der Waals surface area contributed by atoms with Gasteiger partial charge >= 0.3 is 0 Å². The molecule has 7 nitrogen and oxygen atoms in total. The highest BCUT2D eigenvalue weighted by atomic mass is 19.3. The Morgan fingerprint density at radius 2 is 1.91 bits per heavy atom. The number of amides is 1. The van der Waals surface area contributed by atoms with Crippen molar-refractivity contribution < 1.29 is 18.0 Å². The molecule has 4 N–H and O–H groups in total. The third-order valence-corrected chi connectivity index (χ3v) is 5.19. The Labute approximate surface area is 181 Å². The lowest BCUT2D eigenvalue weighted by Crippen LogP contribution is -2.24. The number of pyridine rings is 1. The third-order valence-electron chi connectivity index (χ3n) is 5.19. The molecule has 1 fully saturated rings. The summed E-state index contributed by atoms with van der Waals surface area (Å²) in [7, 11) is 0. The second-order valence-corrected chi connectivity index (χ2v) is 7.44. The van der Waals surface area contributed by atoms with Crippen LogP contribution in [-0.2, 0) is 0 Å². The molecule has 0 unspecified atom stereocenters. The molecule has 0 spiro atoms. The van der Waals surface area contributed by atoms with E-state index in [0.717, 1.165) is 6.07 Å². The molecule has 0 aliphatic carbocycles. The van der Waals surface area contributed by atoms with Crippen LogP contribution in [0.2, 0.25) is 0 Å². The average molecular weight is 440 g/mol. The number of halogens is 3. The van der Waals surface area contributed by atoms with Crippen LogP contribution in [0.15, 0.2) is 59.7 Å². The summed E-state index contributed by atoms with van der Waals surface area (Å²) in [5.74, 6) is -4.04. The van der Waals surface area contributed by atoms with Gasteiger partial charge in [0.1, 0.15) is 11.5 Å². The number of rotatable bonds is 5. The molecule has 32 heavy (non-hydrogen) atoms. The van der Waals surface area contributed by atoms with E-state index >= 15 is 0 Å². The highest BCUT2D eigenvalue weighted by Crippen LogP contribution is 2.31. The SMILES string of the molecule is N=Nc1ccc(-c2ccc(F)c(C(=O)Nc3ccc(N4CCC(F)(F)C4)cc3)c2)nc1N. The molecule has 1 aliphatic heterocycles. The number of hydrogen-bond acceptors (Lipinski definition) is 6. The molecule has 0 radical (unpaired) electrons.